The van der Waals surface area contributed by atoms with Crippen LogP contribution in [-0.4, -0.2) is 30.3 Å². The topological polar surface area (TPSA) is 59.0 Å². The smallest absolute Gasteiger partial charge is 0.135 e. The number of nitrogens with zero attached hydrogens (tertiary/aromatic N) is 1. The molecule has 5 nitrogen and oxygen atoms in total. The Morgan fingerprint density at radius 1 is 1.09 bits per heavy atom. The summed E-state index contributed by atoms with van der Waals surface area (Å²) in [6, 6.07) is 7.67. The van der Waals surface area contributed by atoms with Crippen molar-refractivity contribution in [3.05, 3.63) is 47.3 Å². The number of hydrogen-bond donors (Lipinski definition) is 1. The minimum atomic E-state index is -0.965. The lowest BCUT2D eigenvalue weighted by Gasteiger charge is -2.20. The molecule has 2 rings (SSSR count). The highest BCUT2D eigenvalue weighted by atomic mass is 16.5. The van der Waals surface area contributed by atoms with E-state index in [9.17, 15) is 5.11 Å². The van der Waals surface area contributed by atoms with Crippen molar-refractivity contribution >= 4 is 0 Å². The summed E-state index contributed by atoms with van der Waals surface area (Å²) in [6.45, 7) is 8.10. The van der Waals surface area contributed by atoms with Gasteiger partial charge in [-0.15, -0.1) is 0 Å². The summed E-state index contributed by atoms with van der Waals surface area (Å²) in [7, 11) is 1.69. The Morgan fingerprint density at radius 3 is 2.23 bits per heavy atom. The predicted octanol–water partition coefficient (Wildman–Crippen LogP) is 3.06. The van der Waals surface area contributed by atoms with Crippen LogP contribution in [0.3, 0.4) is 0 Å². The van der Waals surface area contributed by atoms with E-state index in [-0.39, 0.29) is 0 Å². The monoisotopic (exact) mass is 307 g/mol. The third-order valence-electron chi connectivity index (χ3n) is 3.43. The Balaban J connectivity index is 2.04. The highest BCUT2D eigenvalue weighted by Gasteiger charge is 2.21. The molecule has 0 aliphatic carbocycles. The van der Waals surface area contributed by atoms with Gasteiger partial charge in [-0.05, 0) is 45.0 Å². The van der Waals surface area contributed by atoms with Crippen molar-refractivity contribution in [3.63, 3.8) is 0 Å². The fraction of sp³-hybridized carbons (Fsp3) is 0.529. The molecule has 122 valence electrons. The summed E-state index contributed by atoms with van der Waals surface area (Å²) in [5, 5.41) is 9.97. The summed E-state index contributed by atoms with van der Waals surface area (Å²) >= 11 is 0. The molecule has 0 amide bonds. The molecule has 0 aliphatic rings. The lowest BCUT2D eigenvalue weighted by atomic mass is 10.1. The van der Waals surface area contributed by atoms with Crippen LogP contribution in [0.1, 0.15) is 36.9 Å². The van der Waals surface area contributed by atoms with Gasteiger partial charge < -0.3 is 18.7 Å². The predicted molar refractivity (Wildman–Crippen MR) is 83.4 cm³/mol. The van der Waals surface area contributed by atoms with E-state index in [1.165, 1.54) is 0 Å². The molecule has 0 fully saturated rings. The molecule has 1 N–H and O–H groups in total. The van der Waals surface area contributed by atoms with Gasteiger partial charge in [-0.2, -0.15) is 0 Å². The second-order valence-electron chi connectivity index (χ2n) is 6.04. The van der Waals surface area contributed by atoms with Crippen LogP contribution in [0, 0.1) is 6.92 Å². The molecular weight excluding hydrogens is 282 g/mol. The molecule has 22 heavy (non-hydrogen) atoms. The summed E-state index contributed by atoms with van der Waals surface area (Å²) in [4.78, 5) is 2.19. The van der Waals surface area contributed by atoms with Crippen molar-refractivity contribution in [1.82, 2.24) is 4.90 Å². The normalized spacial score (nSPS) is 12.3. The van der Waals surface area contributed by atoms with Gasteiger partial charge in [0.15, 0.2) is 0 Å². The molecule has 0 unspecified atom stereocenters. The molecule has 5 heteroatoms. The molecule has 2 aromatic heterocycles. The van der Waals surface area contributed by atoms with Crippen LogP contribution in [0.2, 0.25) is 0 Å². The molecule has 0 bridgehead atoms. The van der Waals surface area contributed by atoms with Crippen molar-refractivity contribution in [3.8, 4) is 0 Å². The minimum Gasteiger partial charge on any atom is -0.465 e. The van der Waals surface area contributed by atoms with E-state index in [0.29, 0.717) is 25.5 Å². The highest BCUT2D eigenvalue weighted by Crippen LogP contribution is 2.23. The number of furan rings is 2. The molecule has 2 heterocycles. The lowest BCUT2D eigenvalue weighted by molar-refractivity contribution is 0.0509. The first kappa shape index (κ1) is 16.8. The van der Waals surface area contributed by atoms with Crippen molar-refractivity contribution < 1.29 is 18.7 Å². The second kappa shape index (κ2) is 7.13. The van der Waals surface area contributed by atoms with Gasteiger partial charge >= 0.3 is 0 Å². The van der Waals surface area contributed by atoms with E-state index in [1.54, 1.807) is 21.0 Å². The van der Waals surface area contributed by atoms with Crippen LogP contribution in [0.25, 0.3) is 0 Å². The average molecular weight is 307 g/mol. The summed E-state index contributed by atoms with van der Waals surface area (Å²) in [5.41, 5.74) is -0.965. The Morgan fingerprint density at radius 2 is 1.73 bits per heavy atom. The zero-order chi connectivity index (χ0) is 16.2. The fourth-order valence-electron chi connectivity index (χ4n) is 2.24. The van der Waals surface area contributed by atoms with Crippen LogP contribution >= 0.6 is 0 Å². The summed E-state index contributed by atoms with van der Waals surface area (Å²) in [6.07, 6.45) is 0. The first-order valence-electron chi connectivity index (χ1n) is 7.46. The molecule has 0 spiro atoms. The van der Waals surface area contributed by atoms with E-state index in [0.717, 1.165) is 23.8 Å². The molecular formula is C17H25NO4. The van der Waals surface area contributed by atoms with E-state index in [4.69, 9.17) is 13.6 Å². The van der Waals surface area contributed by atoms with Gasteiger partial charge in [-0.25, -0.2) is 0 Å². The van der Waals surface area contributed by atoms with Gasteiger partial charge in [-0.1, -0.05) is 0 Å². The number of aliphatic hydroxyl groups is 1. The second-order valence-corrected chi connectivity index (χ2v) is 6.04. The fourth-order valence-corrected chi connectivity index (χ4v) is 2.24. The lowest BCUT2D eigenvalue weighted by Crippen LogP contribution is -2.26. The van der Waals surface area contributed by atoms with Gasteiger partial charge in [0, 0.05) is 13.7 Å². The highest BCUT2D eigenvalue weighted by molar-refractivity contribution is 5.12. The third-order valence-corrected chi connectivity index (χ3v) is 3.43. The van der Waals surface area contributed by atoms with Crippen LogP contribution in [0.15, 0.2) is 33.1 Å². The minimum absolute atomic E-state index is 0.572. The van der Waals surface area contributed by atoms with Gasteiger partial charge in [0.25, 0.3) is 0 Å². The zero-order valence-corrected chi connectivity index (χ0v) is 13.8. The maximum absolute atomic E-state index is 9.97. The summed E-state index contributed by atoms with van der Waals surface area (Å²) < 4.78 is 16.5. The van der Waals surface area contributed by atoms with Gasteiger partial charge in [-0.3, -0.25) is 4.90 Å². The molecule has 0 saturated heterocycles. The standard InChI is InChI=1S/C17H25NO4/c1-13-5-6-14(21-13)11-18(9-10-20-4)12-15-7-8-16(22-15)17(2,3)19/h5-8,19H,9-12H2,1-4H3. The molecule has 0 aromatic carbocycles. The van der Waals surface area contributed by atoms with Crippen LogP contribution < -0.4 is 0 Å². The Bertz CT molecular complexity index is 579. The molecule has 0 aliphatic heterocycles. The Labute approximate surface area is 131 Å². The quantitative estimate of drug-likeness (QED) is 0.812. The van der Waals surface area contributed by atoms with Gasteiger partial charge in [0.1, 0.15) is 28.6 Å². The first-order chi connectivity index (χ1) is 10.4. The summed E-state index contributed by atoms with van der Waals surface area (Å²) in [5.74, 6) is 3.21. The SMILES string of the molecule is COCCN(Cc1ccc(C)o1)Cc1ccc(C(C)(C)O)o1. The van der Waals surface area contributed by atoms with Crippen molar-refractivity contribution in [1.29, 1.82) is 0 Å². The maximum Gasteiger partial charge on any atom is 0.135 e. The number of rotatable bonds is 8. The number of ether oxygens (including phenoxy) is 1. The van der Waals surface area contributed by atoms with Crippen LogP contribution in [-0.2, 0) is 23.4 Å². The molecule has 0 radical (unpaired) electrons. The van der Waals surface area contributed by atoms with Gasteiger partial charge in [0.2, 0.25) is 0 Å². The van der Waals surface area contributed by atoms with E-state index in [1.807, 2.05) is 31.2 Å². The largest absolute Gasteiger partial charge is 0.465 e. The molecule has 0 atom stereocenters. The van der Waals surface area contributed by atoms with E-state index >= 15 is 0 Å². The van der Waals surface area contributed by atoms with Crippen molar-refractivity contribution in [2.75, 3.05) is 20.3 Å². The van der Waals surface area contributed by atoms with E-state index < -0.39 is 5.60 Å². The molecule has 2 aromatic rings. The van der Waals surface area contributed by atoms with E-state index in [2.05, 4.69) is 4.90 Å². The Hall–Kier alpha value is -1.56. The van der Waals surface area contributed by atoms with Crippen LogP contribution in [0.5, 0.6) is 0 Å². The number of hydrogen-bond acceptors (Lipinski definition) is 5. The number of aryl methyl sites for hydroxylation is 1. The zero-order valence-electron chi connectivity index (χ0n) is 13.8. The van der Waals surface area contributed by atoms with Crippen molar-refractivity contribution in [2.24, 2.45) is 0 Å². The first-order valence-corrected chi connectivity index (χ1v) is 7.46. The average Bonchev–Trinajstić information content (AvgIpc) is 3.05. The van der Waals surface area contributed by atoms with Gasteiger partial charge in [0.05, 0.1) is 19.7 Å². The number of methoxy groups -OCH3 is 1. The molecule has 0 saturated carbocycles. The Kier molecular flexibility index (Phi) is 5.45. The third kappa shape index (κ3) is 4.73. The van der Waals surface area contributed by atoms with Crippen molar-refractivity contribution in [2.45, 2.75) is 39.5 Å². The maximum atomic E-state index is 9.97. The van der Waals surface area contributed by atoms with Crippen LogP contribution in [0.4, 0.5) is 0 Å².